The van der Waals surface area contributed by atoms with Crippen molar-refractivity contribution in [3.8, 4) is 0 Å². The molecule has 3 aromatic carbocycles. The lowest BCUT2D eigenvalue weighted by Gasteiger charge is -2.17. The van der Waals surface area contributed by atoms with Gasteiger partial charge in [0, 0.05) is 24.6 Å². The lowest BCUT2D eigenvalue weighted by atomic mass is 10.1. The Morgan fingerprint density at radius 1 is 0.919 bits per heavy atom. The zero-order chi connectivity index (χ0) is 24.5. The molecule has 4 aromatic rings. The number of carbonyl (C=O) groups excluding carboxylic acids is 1. The van der Waals surface area contributed by atoms with Crippen molar-refractivity contribution in [1.29, 1.82) is 0 Å². The van der Waals surface area contributed by atoms with E-state index in [1.54, 1.807) is 6.20 Å². The molecule has 2 unspecified atom stereocenters. The predicted molar refractivity (Wildman–Crippen MR) is 154 cm³/mol. The molecule has 8 heteroatoms. The number of rotatable bonds is 11. The monoisotopic (exact) mass is 540 g/mol. The topological polar surface area (TPSA) is 79.2 Å². The largest absolute Gasteiger partial charge is 0.387 e. The molecule has 4 rings (SSSR count). The fourth-order valence-corrected chi connectivity index (χ4v) is 4.09. The number of anilines is 1. The molecular formula is C29H34Cl2N4O2. The van der Waals surface area contributed by atoms with Crippen molar-refractivity contribution in [3.63, 3.8) is 0 Å². The summed E-state index contributed by atoms with van der Waals surface area (Å²) in [6, 6.07) is 27.8. The van der Waals surface area contributed by atoms with Crippen LogP contribution in [0.2, 0.25) is 0 Å². The summed E-state index contributed by atoms with van der Waals surface area (Å²) < 4.78 is 2.04. The first-order valence-corrected chi connectivity index (χ1v) is 12.0. The Hall–Kier alpha value is -3.16. The van der Waals surface area contributed by atoms with Gasteiger partial charge in [-0.15, -0.1) is 24.8 Å². The lowest BCUT2D eigenvalue weighted by Crippen LogP contribution is -2.23. The number of hydrogen-bond acceptors (Lipinski definition) is 4. The van der Waals surface area contributed by atoms with Crippen molar-refractivity contribution in [2.45, 2.75) is 31.9 Å². The molecule has 1 amide bonds. The number of amides is 1. The van der Waals surface area contributed by atoms with E-state index < -0.39 is 6.10 Å². The number of nitrogens with zero attached hydrogens (tertiary/aromatic N) is 2. The van der Waals surface area contributed by atoms with Crippen LogP contribution in [-0.2, 0) is 17.6 Å². The number of benzene rings is 3. The molecule has 196 valence electrons. The Balaban J connectivity index is 0.00000241. The second kappa shape index (κ2) is 15.2. The summed E-state index contributed by atoms with van der Waals surface area (Å²) in [4.78, 5) is 17.1. The molecule has 3 N–H and O–H groups in total. The molecule has 0 aliphatic carbocycles. The van der Waals surface area contributed by atoms with E-state index in [9.17, 15) is 9.90 Å². The second-order valence-corrected chi connectivity index (χ2v) is 8.64. The van der Waals surface area contributed by atoms with E-state index in [0.717, 1.165) is 35.6 Å². The molecule has 0 spiro atoms. The number of aromatic nitrogens is 2. The minimum absolute atomic E-state index is 0. The first kappa shape index (κ1) is 30.1. The highest BCUT2D eigenvalue weighted by atomic mass is 35.5. The SMILES string of the molecule is CC(c1ccccc1)n1ccnc1CC(=O)Nc1ccc(CCNCC(O)c2ccccc2)cc1.Cl.Cl. The number of imidazole rings is 1. The van der Waals surface area contributed by atoms with Crippen molar-refractivity contribution < 1.29 is 9.90 Å². The van der Waals surface area contributed by atoms with Gasteiger partial charge in [-0.25, -0.2) is 4.98 Å². The van der Waals surface area contributed by atoms with E-state index in [4.69, 9.17) is 0 Å². The number of nitrogens with one attached hydrogen (secondary N) is 2. The van der Waals surface area contributed by atoms with Crippen LogP contribution in [0.1, 0.15) is 41.6 Å². The zero-order valence-electron chi connectivity index (χ0n) is 20.8. The minimum atomic E-state index is -0.514. The maximum atomic E-state index is 12.7. The van der Waals surface area contributed by atoms with Crippen LogP contribution in [0.5, 0.6) is 0 Å². The summed E-state index contributed by atoms with van der Waals surface area (Å²) in [5.41, 5.74) is 4.02. The molecule has 6 nitrogen and oxygen atoms in total. The molecule has 2 atom stereocenters. The van der Waals surface area contributed by atoms with Gasteiger partial charge in [-0.2, -0.15) is 0 Å². The Kier molecular flexibility index (Phi) is 12.3. The Bertz CT molecular complexity index is 1200. The van der Waals surface area contributed by atoms with Crippen molar-refractivity contribution in [1.82, 2.24) is 14.9 Å². The second-order valence-electron chi connectivity index (χ2n) is 8.64. The van der Waals surface area contributed by atoms with Gasteiger partial charge in [-0.05, 0) is 48.7 Å². The highest BCUT2D eigenvalue weighted by molar-refractivity contribution is 5.91. The molecule has 0 aliphatic heterocycles. The first-order valence-electron chi connectivity index (χ1n) is 12.0. The van der Waals surface area contributed by atoms with Gasteiger partial charge >= 0.3 is 0 Å². The summed E-state index contributed by atoms with van der Waals surface area (Å²) in [7, 11) is 0. The Morgan fingerprint density at radius 3 is 2.19 bits per heavy atom. The van der Waals surface area contributed by atoms with Crippen molar-refractivity contribution >= 4 is 36.4 Å². The predicted octanol–water partition coefficient (Wildman–Crippen LogP) is 5.38. The molecular weight excluding hydrogens is 507 g/mol. The lowest BCUT2D eigenvalue weighted by molar-refractivity contribution is -0.115. The molecule has 1 heterocycles. The number of aliphatic hydroxyl groups excluding tert-OH is 1. The number of halogens is 2. The van der Waals surface area contributed by atoms with E-state index in [0.29, 0.717) is 6.54 Å². The van der Waals surface area contributed by atoms with Gasteiger partial charge in [0.1, 0.15) is 5.82 Å². The fourth-order valence-electron chi connectivity index (χ4n) is 4.09. The standard InChI is InChI=1S/C29H32N4O2.2ClH/c1-22(24-8-4-2-5-9-24)33-19-18-31-28(33)20-29(35)32-26-14-12-23(13-15-26)16-17-30-21-27(34)25-10-6-3-7-11-25;;/h2-15,18-19,22,27,30,34H,16-17,20-21H2,1H3,(H,32,35);2*1H. The molecule has 37 heavy (non-hydrogen) atoms. The van der Waals surface area contributed by atoms with E-state index in [1.807, 2.05) is 83.6 Å². The summed E-state index contributed by atoms with van der Waals surface area (Å²) in [5.74, 6) is 0.640. The van der Waals surface area contributed by atoms with E-state index in [-0.39, 0.29) is 43.2 Å². The molecule has 0 aliphatic rings. The third-order valence-corrected chi connectivity index (χ3v) is 6.12. The number of hydrogen-bond donors (Lipinski definition) is 3. The van der Waals surface area contributed by atoms with Crippen molar-refractivity contribution in [2.75, 3.05) is 18.4 Å². The first-order chi connectivity index (χ1) is 17.1. The highest BCUT2D eigenvalue weighted by Gasteiger charge is 2.15. The summed E-state index contributed by atoms with van der Waals surface area (Å²) >= 11 is 0. The van der Waals surface area contributed by atoms with Gasteiger partial charge in [0.15, 0.2) is 0 Å². The van der Waals surface area contributed by atoms with Crippen LogP contribution in [0.25, 0.3) is 0 Å². The van der Waals surface area contributed by atoms with Crippen molar-refractivity contribution in [2.24, 2.45) is 0 Å². The summed E-state index contributed by atoms with van der Waals surface area (Å²) in [6.07, 6.45) is 4.19. The Morgan fingerprint density at radius 2 is 1.54 bits per heavy atom. The maximum Gasteiger partial charge on any atom is 0.231 e. The van der Waals surface area contributed by atoms with Crippen LogP contribution in [0.3, 0.4) is 0 Å². The zero-order valence-corrected chi connectivity index (χ0v) is 22.4. The third-order valence-electron chi connectivity index (χ3n) is 6.12. The van der Waals surface area contributed by atoms with Gasteiger partial charge in [0.2, 0.25) is 5.91 Å². The molecule has 0 saturated carbocycles. The van der Waals surface area contributed by atoms with E-state index >= 15 is 0 Å². The molecule has 0 radical (unpaired) electrons. The van der Waals surface area contributed by atoms with Crippen LogP contribution >= 0.6 is 24.8 Å². The summed E-state index contributed by atoms with van der Waals surface area (Å²) in [5, 5.41) is 16.5. The van der Waals surface area contributed by atoms with Gasteiger partial charge in [-0.1, -0.05) is 72.8 Å². The minimum Gasteiger partial charge on any atom is -0.387 e. The van der Waals surface area contributed by atoms with Crippen LogP contribution in [0, 0.1) is 0 Å². The molecule has 1 aromatic heterocycles. The van der Waals surface area contributed by atoms with Gasteiger partial charge in [0.05, 0.1) is 18.6 Å². The fraction of sp³-hybridized carbons (Fsp3) is 0.241. The van der Waals surface area contributed by atoms with Crippen LogP contribution < -0.4 is 10.6 Å². The van der Waals surface area contributed by atoms with Gasteiger partial charge < -0.3 is 20.3 Å². The molecule has 0 saturated heterocycles. The van der Waals surface area contributed by atoms with Crippen LogP contribution in [-0.4, -0.2) is 33.7 Å². The molecule has 0 fully saturated rings. The van der Waals surface area contributed by atoms with Crippen LogP contribution in [0.4, 0.5) is 5.69 Å². The smallest absolute Gasteiger partial charge is 0.231 e. The quantitative estimate of drug-likeness (QED) is 0.223. The third kappa shape index (κ3) is 8.72. The van der Waals surface area contributed by atoms with Crippen molar-refractivity contribution in [3.05, 3.63) is 120 Å². The van der Waals surface area contributed by atoms with Gasteiger partial charge in [-0.3, -0.25) is 4.79 Å². The highest BCUT2D eigenvalue weighted by Crippen LogP contribution is 2.20. The van der Waals surface area contributed by atoms with Crippen LogP contribution in [0.15, 0.2) is 97.3 Å². The number of carbonyl (C=O) groups is 1. The normalized spacial score (nSPS) is 12.1. The van der Waals surface area contributed by atoms with E-state index in [1.165, 1.54) is 5.56 Å². The molecule has 0 bridgehead atoms. The van der Waals surface area contributed by atoms with Gasteiger partial charge in [0.25, 0.3) is 0 Å². The Labute approximate surface area is 231 Å². The average Bonchev–Trinajstić information content (AvgIpc) is 3.35. The average molecular weight is 542 g/mol. The maximum absolute atomic E-state index is 12.7. The van der Waals surface area contributed by atoms with E-state index in [2.05, 4.69) is 34.7 Å². The number of aliphatic hydroxyl groups is 1. The summed E-state index contributed by atoms with van der Waals surface area (Å²) in [6.45, 7) is 3.38.